The molecule has 4 N–H and O–H groups in total. The maximum atomic E-state index is 5.58. The Bertz CT molecular complexity index is 445. The zero-order valence-electron chi connectivity index (χ0n) is 12.6. The molecule has 0 bridgehead atoms. The lowest BCUT2D eigenvalue weighted by molar-refractivity contribution is 0.00291. The molecule has 2 rings (SSSR count). The van der Waals surface area contributed by atoms with Gasteiger partial charge >= 0.3 is 0 Å². The fourth-order valence-electron chi connectivity index (χ4n) is 2.43. The highest BCUT2D eigenvalue weighted by Crippen LogP contribution is 2.28. The van der Waals surface area contributed by atoms with Crippen LogP contribution in [0.3, 0.4) is 0 Å². The van der Waals surface area contributed by atoms with E-state index in [0.717, 1.165) is 49.5 Å². The average Bonchev–Trinajstić information content (AvgIpc) is 2.39. The molecule has 1 aromatic rings. The maximum absolute atomic E-state index is 5.58. The van der Waals surface area contributed by atoms with Gasteiger partial charge in [-0.2, -0.15) is 0 Å². The number of nitrogens with one attached hydrogen (secondary N) is 2. The summed E-state index contributed by atoms with van der Waals surface area (Å²) in [5.74, 6) is 7.95. The van der Waals surface area contributed by atoms with E-state index in [1.165, 1.54) is 0 Å². The van der Waals surface area contributed by atoms with Crippen molar-refractivity contribution < 1.29 is 4.74 Å². The van der Waals surface area contributed by atoms with E-state index in [1.807, 2.05) is 13.8 Å². The van der Waals surface area contributed by atoms with Crippen LogP contribution in [0, 0.1) is 6.92 Å². The SMILES string of the molecule is CCCc1nc(NN)c(C)c(NC2CC(OCC)C2)n1. The van der Waals surface area contributed by atoms with Crippen molar-refractivity contribution in [3.05, 3.63) is 11.4 Å². The number of ether oxygens (including phenoxy) is 1. The molecule has 0 aliphatic heterocycles. The smallest absolute Gasteiger partial charge is 0.148 e. The van der Waals surface area contributed by atoms with Crippen LogP contribution in [0.4, 0.5) is 11.6 Å². The summed E-state index contributed by atoms with van der Waals surface area (Å²) in [4.78, 5) is 9.03. The first-order chi connectivity index (χ1) is 9.67. The van der Waals surface area contributed by atoms with Crippen molar-refractivity contribution in [2.45, 2.75) is 58.6 Å². The molecule has 0 atom stereocenters. The number of aryl methyl sites for hydroxylation is 1. The summed E-state index contributed by atoms with van der Waals surface area (Å²) in [6, 6.07) is 0.431. The molecular weight excluding hydrogens is 254 g/mol. The first kappa shape index (κ1) is 15.0. The van der Waals surface area contributed by atoms with Crippen LogP contribution in [-0.4, -0.2) is 28.7 Å². The molecule has 0 amide bonds. The molecule has 112 valence electrons. The van der Waals surface area contributed by atoms with Gasteiger partial charge in [0.05, 0.1) is 6.10 Å². The van der Waals surface area contributed by atoms with Gasteiger partial charge in [0.1, 0.15) is 17.5 Å². The zero-order valence-corrected chi connectivity index (χ0v) is 12.6. The van der Waals surface area contributed by atoms with Gasteiger partial charge in [-0.3, -0.25) is 0 Å². The van der Waals surface area contributed by atoms with E-state index in [2.05, 4.69) is 27.6 Å². The van der Waals surface area contributed by atoms with Crippen LogP contribution in [0.15, 0.2) is 0 Å². The summed E-state index contributed by atoms with van der Waals surface area (Å²) < 4.78 is 5.58. The second-order valence-electron chi connectivity index (χ2n) is 5.25. The largest absolute Gasteiger partial charge is 0.378 e. The molecule has 1 aliphatic carbocycles. The third kappa shape index (κ3) is 3.37. The molecule has 1 fully saturated rings. The van der Waals surface area contributed by atoms with Gasteiger partial charge in [-0.25, -0.2) is 15.8 Å². The minimum Gasteiger partial charge on any atom is -0.378 e. The summed E-state index contributed by atoms with van der Waals surface area (Å²) in [6.07, 6.45) is 4.33. The molecule has 0 unspecified atom stereocenters. The van der Waals surface area contributed by atoms with Gasteiger partial charge in [0.2, 0.25) is 0 Å². The Labute approximate surface area is 120 Å². The second-order valence-corrected chi connectivity index (χ2v) is 5.25. The quantitative estimate of drug-likeness (QED) is 0.523. The number of hydrazine groups is 1. The molecule has 0 radical (unpaired) electrons. The fourth-order valence-corrected chi connectivity index (χ4v) is 2.43. The summed E-state index contributed by atoms with van der Waals surface area (Å²) in [6.45, 7) is 6.91. The summed E-state index contributed by atoms with van der Waals surface area (Å²) >= 11 is 0. The first-order valence-electron chi connectivity index (χ1n) is 7.40. The molecule has 0 saturated heterocycles. The van der Waals surface area contributed by atoms with Gasteiger partial charge in [0.25, 0.3) is 0 Å². The molecule has 6 heteroatoms. The summed E-state index contributed by atoms with van der Waals surface area (Å²) in [5, 5.41) is 3.48. The minimum atomic E-state index is 0.391. The molecule has 1 aromatic heterocycles. The molecular formula is C14H25N5O. The highest BCUT2D eigenvalue weighted by Gasteiger charge is 2.30. The normalized spacial score (nSPS) is 21.4. The topological polar surface area (TPSA) is 85.1 Å². The fraction of sp³-hybridized carbons (Fsp3) is 0.714. The van der Waals surface area contributed by atoms with Crippen LogP contribution in [0.25, 0.3) is 0 Å². The van der Waals surface area contributed by atoms with Crippen molar-refractivity contribution in [3.63, 3.8) is 0 Å². The zero-order chi connectivity index (χ0) is 14.5. The first-order valence-corrected chi connectivity index (χ1v) is 7.40. The van der Waals surface area contributed by atoms with Crippen molar-refractivity contribution in [1.82, 2.24) is 9.97 Å². The van der Waals surface area contributed by atoms with E-state index in [4.69, 9.17) is 10.6 Å². The Kier molecular flexibility index (Phi) is 5.14. The number of rotatable bonds is 7. The molecule has 20 heavy (non-hydrogen) atoms. The summed E-state index contributed by atoms with van der Waals surface area (Å²) in [5.41, 5.74) is 3.62. The molecule has 0 spiro atoms. The Balaban J connectivity index is 2.05. The number of nitrogens with zero attached hydrogens (tertiary/aromatic N) is 2. The number of nitrogens with two attached hydrogens (primary N) is 1. The van der Waals surface area contributed by atoms with Gasteiger partial charge in [0.15, 0.2) is 0 Å². The number of nitrogen functional groups attached to an aromatic ring is 1. The standard InChI is InChI=1S/C14H25N5O/c1-4-6-12-17-13(9(3)14(18-12)19-15)16-10-7-11(8-10)20-5-2/h10-11H,4-8,15H2,1-3H3,(H2,16,17,18,19). The van der Waals surface area contributed by atoms with E-state index >= 15 is 0 Å². The van der Waals surface area contributed by atoms with Crippen molar-refractivity contribution in [3.8, 4) is 0 Å². The van der Waals surface area contributed by atoms with Crippen LogP contribution in [-0.2, 0) is 11.2 Å². The molecule has 1 aliphatic rings. The van der Waals surface area contributed by atoms with Crippen molar-refractivity contribution >= 4 is 11.6 Å². The number of hydrogen-bond donors (Lipinski definition) is 3. The Morgan fingerprint density at radius 2 is 1.95 bits per heavy atom. The third-order valence-corrected chi connectivity index (χ3v) is 3.64. The van der Waals surface area contributed by atoms with Crippen molar-refractivity contribution in [2.24, 2.45) is 5.84 Å². The Morgan fingerprint density at radius 1 is 1.25 bits per heavy atom. The highest BCUT2D eigenvalue weighted by atomic mass is 16.5. The lowest BCUT2D eigenvalue weighted by Gasteiger charge is -2.36. The molecule has 0 aromatic carbocycles. The van der Waals surface area contributed by atoms with Crippen molar-refractivity contribution in [2.75, 3.05) is 17.3 Å². The molecule has 6 nitrogen and oxygen atoms in total. The van der Waals surface area contributed by atoms with Crippen LogP contribution in [0.5, 0.6) is 0 Å². The second kappa shape index (κ2) is 6.85. The minimum absolute atomic E-state index is 0.391. The monoisotopic (exact) mass is 279 g/mol. The number of hydrogen-bond acceptors (Lipinski definition) is 6. The van der Waals surface area contributed by atoms with E-state index in [1.54, 1.807) is 0 Å². The van der Waals surface area contributed by atoms with Crippen LogP contribution < -0.4 is 16.6 Å². The molecule has 1 saturated carbocycles. The van der Waals surface area contributed by atoms with Crippen LogP contribution in [0.2, 0.25) is 0 Å². The van der Waals surface area contributed by atoms with Gasteiger partial charge in [-0.1, -0.05) is 6.92 Å². The highest BCUT2D eigenvalue weighted by molar-refractivity contribution is 5.57. The number of aromatic nitrogens is 2. The van der Waals surface area contributed by atoms with Gasteiger partial charge in [-0.15, -0.1) is 0 Å². The maximum Gasteiger partial charge on any atom is 0.148 e. The van der Waals surface area contributed by atoms with Crippen LogP contribution in [0.1, 0.15) is 44.5 Å². The average molecular weight is 279 g/mol. The van der Waals surface area contributed by atoms with E-state index in [-0.39, 0.29) is 0 Å². The van der Waals surface area contributed by atoms with E-state index in [9.17, 15) is 0 Å². The molecule has 1 heterocycles. The Hall–Kier alpha value is -1.40. The van der Waals surface area contributed by atoms with E-state index < -0.39 is 0 Å². The van der Waals surface area contributed by atoms with Crippen LogP contribution >= 0.6 is 0 Å². The van der Waals surface area contributed by atoms with E-state index in [0.29, 0.717) is 18.0 Å². The van der Waals surface area contributed by atoms with Gasteiger partial charge < -0.3 is 15.5 Å². The lowest BCUT2D eigenvalue weighted by atomic mass is 9.89. The van der Waals surface area contributed by atoms with Crippen molar-refractivity contribution in [1.29, 1.82) is 0 Å². The number of anilines is 2. The van der Waals surface area contributed by atoms with Gasteiger partial charge in [-0.05, 0) is 33.1 Å². The third-order valence-electron chi connectivity index (χ3n) is 3.64. The lowest BCUT2D eigenvalue weighted by Crippen LogP contribution is -2.41. The predicted molar refractivity (Wildman–Crippen MR) is 80.6 cm³/mol. The summed E-state index contributed by atoms with van der Waals surface area (Å²) in [7, 11) is 0. The predicted octanol–water partition coefficient (Wildman–Crippen LogP) is 2.00. The Morgan fingerprint density at radius 3 is 2.55 bits per heavy atom. The van der Waals surface area contributed by atoms with Gasteiger partial charge in [0, 0.05) is 24.6 Å².